The van der Waals surface area contributed by atoms with E-state index in [0.29, 0.717) is 24.9 Å². The van der Waals surface area contributed by atoms with Gasteiger partial charge in [0.2, 0.25) is 0 Å². The maximum atomic E-state index is 12.7. The van der Waals surface area contributed by atoms with Gasteiger partial charge in [-0.2, -0.15) is 13.2 Å². The van der Waals surface area contributed by atoms with Crippen LogP contribution in [0.3, 0.4) is 0 Å². The highest BCUT2D eigenvalue weighted by atomic mass is 19.4. The molecule has 2 nitrogen and oxygen atoms in total. The third-order valence-corrected chi connectivity index (χ3v) is 4.13. The number of piperidine rings is 1. The highest BCUT2D eigenvalue weighted by Crippen LogP contribution is 2.31. The number of β-amino-alcohol motifs (C(OH)–C–C–N with tert-alkyl or cyclic N) is 1. The van der Waals surface area contributed by atoms with Crippen LogP contribution in [-0.4, -0.2) is 35.7 Å². The number of hydrogen-bond donors (Lipinski definition) is 1. The van der Waals surface area contributed by atoms with Gasteiger partial charge in [0.15, 0.2) is 0 Å². The molecular formula is C17H20F3NO. The fourth-order valence-corrected chi connectivity index (χ4v) is 2.89. The van der Waals surface area contributed by atoms with Crippen LogP contribution in [0, 0.1) is 18.3 Å². The Morgan fingerprint density at radius 3 is 2.77 bits per heavy atom. The van der Waals surface area contributed by atoms with Crippen LogP contribution in [0.2, 0.25) is 0 Å². The first-order chi connectivity index (χ1) is 10.4. The Kier molecular flexibility index (Phi) is 5.49. The smallest absolute Gasteiger partial charge is 0.391 e. The minimum Gasteiger partial charge on any atom is -0.391 e. The molecule has 0 bridgehead atoms. The topological polar surface area (TPSA) is 23.5 Å². The van der Waals surface area contributed by atoms with Crippen molar-refractivity contribution in [2.24, 2.45) is 5.92 Å². The Morgan fingerprint density at radius 1 is 1.36 bits per heavy atom. The molecule has 0 amide bonds. The normalized spacial score (nSPS) is 23.2. The third kappa shape index (κ3) is 4.49. The zero-order chi connectivity index (χ0) is 16.2. The number of hydrogen-bond acceptors (Lipinski definition) is 2. The van der Waals surface area contributed by atoms with E-state index in [0.717, 1.165) is 25.6 Å². The van der Waals surface area contributed by atoms with Gasteiger partial charge in [-0.25, -0.2) is 0 Å². The van der Waals surface area contributed by atoms with Crippen molar-refractivity contribution in [2.45, 2.75) is 31.5 Å². The first-order valence-electron chi connectivity index (χ1n) is 7.40. The van der Waals surface area contributed by atoms with Gasteiger partial charge in [0.05, 0.1) is 11.7 Å². The lowest BCUT2D eigenvalue weighted by Crippen LogP contribution is -2.44. The molecule has 1 N–H and O–H groups in total. The molecule has 2 rings (SSSR count). The van der Waals surface area contributed by atoms with E-state index >= 15 is 0 Å². The molecule has 120 valence electrons. The number of terminal acetylenes is 1. The molecule has 1 aliphatic heterocycles. The second-order valence-electron chi connectivity index (χ2n) is 5.77. The first-order valence-corrected chi connectivity index (χ1v) is 7.40. The summed E-state index contributed by atoms with van der Waals surface area (Å²) in [5.41, 5.74) is -0.0121. The molecule has 1 aliphatic rings. The fraction of sp³-hybridized carbons (Fsp3) is 0.529. The predicted molar refractivity (Wildman–Crippen MR) is 79.2 cm³/mol. The van der Waals surface area contributed by atoms with E-state index < -0.39 is 17.8 Å². The summed E-state index contributed by atoms with van der Waals surface area (Å²) in [6.07, 6.45) is 2.25. The molecule has 1 fully saturated rings. The van der Waals surface area contributed by atoms with Gasteiger partial charge in [0.25, 0.3) is 0 Å². The zero-order valence-corrected chi connectivity index (χ0v) is 12.3. The number of rotatable bonds is 4. The first kappa shape index (κ1) is 16.9. The van der Waals surface area contributed by atoms with Crippen LogP contribution in [0.25, 0.3) is 0 Å². The van der Waals surface area contributed by atoms with Crippen molar-refractivity contribution in [2.75, 3.05) is 19.6 Å². The lowest BCUT2D eigenvalue weighted by atomic mass is 9.87. The summed E-state index contributed by atoms with van der Waals surface area (Å²) in [5, 5.41) is 10.2. The van der Waals surface area contributed by atoms with Crippen molar-refractivity contribution >= 4 is 0 Å². The summed E-state index contributed by atoms with van der Waals surface area (Å²) < 4.78 is 38.2. The molecule has 0 aromatic heterocycles. The molecular weight excluding hydrogens is 291 g/mol. The highest BCUT2D eigenvalue weighted by Gasteiger charge is 2.31. The van der Waals surface area contributed by atoms with Crippen molar-refractivity contribution in [3.63, 3.8) is 0 Å². The maximum absolute atomic E-state index is 12.7. The van der Waals surface area contributed by atoms with Gasteiger partial charge in [-0.05, 0) is 36.9 Å². The van der Waals surface area contributed by atoms with E-state index in [-0.39, 0.29) is 5.92 Å². The molecule has 1 heterocycles. The number of halogens is 3. The van der Waals surface area contributed by atoms with E-state index in [9.17, 15) is 18.3 Å². The molecule has 1 saturated heterocycles. The molecule has 5 heteroatoms. The lowest BCUT2D eigenvalue weighted by Gasteiger charge is -2.35. The monoisotopic (exact) mass is 311 g/mol. The number of aliphatic hydroxyl groups excluding tert-OH is 1. The molecule has 22 heavy (non-hydrogen) atoms. The molecule has 0 saturated carbocycles. The number of benzene rings is 1. The molecule has 1 aromatic carbocycles. The van der Waals surface area contributed by atoms with Crippen molar-refractivity contribution in [3.8, 4) is 12.3 Å². The minimum atomic E-state index is -4.33. The summed E-state index contributed by atoms with van der Waals surface area (Å²) in [7, 11) is 0. The summed E-state index contributed by atoms with van der Waals surface area (Å²) >= 11 is 0. The van der Waals surface area contributed by atoms with Crippen LogP contribution in [0.15, 0.2) is 24.3 Å². The van der Waals surface area contributed by atoms with Crippen molar-refractivity contribution in [1.82, 2.24) is 4.90 Å². The van der Waals surface area contributed by atoms with Gasteiger partial charge in [-0.1, -0.05) is 18.2 Å². The average Bonchev–Trinajstić information content (AvgIpc) is 2.47. The Labute approximate surface area is 128 Å². The van der Waals surface area contributed by atoms with Crippen LogP contribution in [0.5, 0.6) is 0 Å². The molecule has 0 spiro atoms. The number of likely N-dealkylation sites (tertiary alicyclic amines) is 1. The van der Waals surface area contributed by atoms with Crippen LogP contribution in [0.4, 0.5) is 13.2 Å². The second kappa shape index (κ2) is 7.17. The van der Waals surface area contributed by atoms with E-state index in [1.807, 2.05) is 0 Å². The van der Waals surface area contributed by atoms with Crippen molar-refractivity contribution < 1.29 is 18.3 Å². The fourth-order valence-electron chi connectivity index (χ4n) is 2.89. The maximum Gasteiger partial charge on any atom is 0.416 e. The van der Waals surface area contributed by atoms with Gasteiger partial charge in [0, 0.05) is 19.5 Å². The zero-order valence-electron chi connectivity index (χ0n) is 12.3. The second-order valence-corrected chi connectivity index (χ2v) is 5.77. The number of alkyl halides is 3. The van der Waals surface area contributed by atoms with Gasteiger partial charge in [-0.15, -0.1) is 12.3 Å². The summed E-state index contributed by atoms with van der Waals surface area (Å²) in [5.74, 6) is 2.56. The summed E-state index contributed by atoms with van der Waals surface area (Å²) in [4.78, 5) is 2.10. The molecule has 2 unspecified atom stereocenters. The van der Waals surface area contributed by atoms with Gasteiger partial charge in [-0.3, -0.25) is 4.90 Å². The highest BCUT2D eigenvalue weighted by molar-refractivity contribution is 5.26. The summed E-state index contributed by atoms with van der Waals surface area (Å²) in [6, 6.07) is 5.36. The SMILES string of the molecule is C#CCCN1CCC(Cc2cccc(C(F)(F)F)c2)C(O)C1. The molecule has 1 aromatic rings. The van der Waals surface area contributed by atoms with Crippen LogP contribution in [-0.2, 0) is 12.6 Å². The Balaban J connectivity index is 1.96. The van der Waals surface area contributed by atoms with E-state index in [1.54, 1.807) is 6.07 Å². The third-order valence-electron chi connectivity index (χ3n) is 4.13. The predicted octanol–water partition coefficient (Wildman–Crippen LogP) is 2.95. The minimum absolute atomic E-state index is 0.00873. The number of aliphatic hydroxyl groups is 1. The van der Waals surface area contributed by atoms with Gasteiger partial charge < -0.3 is 5.11 Å². The van der Waals surface area contributed by atoms with E-state index in [1.165, 1.54) is 12.1 Å². The quantitative estimate of drug-likeness (QED) is 0.864. The molecule has 0 radical (unpaired) electrons. The van der Waals surface area contributed by atoms with Crippen LogP contribution >= 0.6 is 0 Å². The van der Waals surface area contributed by atoms with E-state index in [4.69, 9.17) is 6.42 Å². The van der Waals surface area contributed by atoms with E-state index in [2.05, 4.69) is 10.8 Å². The van der Waals surface area contributed by atoms with Crippen molar-refractivity contribution in [3.05, 3.63) is 35.4 Å². The Hall–Kier alpha value is -1.51. The Morgan fingerprint density at radius 2 is 2.14 bits per heavy atom. The summed E-state index contributed by atoms with van der Waals surface area (Å²) in [6.45, 7) is 2.11. The average molecular weight is 311 g/mol. The molecule has 0 aliphatic carbocycles. The van der Waals surface area contributed by atoms with Gasteiger partial charge in [0.1, 0.15) is 0 Å². The molecule has 2 atom stereocenters. The lowest BCUT2D eigenvalue weighted by molar-refractivity contribution is -0.137. The van der Waals surface area contributed by atoms with Crippen molar-refractivity contribution in [1.29, 1.82) is 0 Å². The largest absolute Gasteiger partial charge is 0.416 e. The van der Waals surface area contributed by atoms with Gasteiger partial charge >= 0.3 is 6.18 Å². The Bertz CT molecular complexity index is 535. The van der Waals surface area contributed by atoms with Crippen LogP contribution in [0.1, 0.15) is 24.0 Å². The number of nitrogens with zero attached hydrogens (tertiary/aromatic N) is 1. The van der Waals surface area contributed by atoms with Crippen LogP contribution < -0.4 is 0 Å². The standard InChI is InChI=1S/C17H20F3NO/c1-2-3-8-21-9-7-14(16(22)12-21)10-13-5-4-6-15(11-13)17(18,19)20/h1,4-6,11,14,16,22H,3,7-10,12H2.